The van der Waals surface area contributed by atoms with Crippen molar-refractivity contribution in [3.05, 3.63) is 45.7 Å². The third-order valence-corrected chi connectivity index (χ3v) is 5.12. The van der Waals surface area contributed by atoms with Crippen LogP contribution < -0.4 is 0 Å². The van der Waals surface area contributed by atoms with Crippen LogP contribution in [0.1, 0.15) is 30.0 Å². The normalized spacial score (nSPS) is 12.7. The topological polar surface area (TPSA) is 38.0 Å². The smallest absolute Gasteiger partial charge is 0.0845 e. The number of hydrogen-bond donors (Lipinski definition) is 1. The van der Waals surface area contributed by atoms with Crippen molar-refractivity contribution in [2.24, 2.45) is 0 Å². The maximum Gasteiger partial charge on any atom is 0.0845 e. The fourth-order valence-electron chi connectivity index (χ4n) is 2.19. The second-order valence-corrected chi connectivity index (χ2v) is 6.33. The molecule has 0 radical (unpaired) electrons. The zero-order valence-corrected chi connectivity index (χ0v) is 14.3. The molecule has 1 atom stereocenters. The summed E-state index contributed by atoms with van der Waals surface area (Å²) in [5.74, 6) is 0. The van der Waals surface area contributed by atoms with E-state index >= 15 is 0 Å². The molecular formula is C15H19BrN2OS. The largest absolute Gasteiger partial charge is 0.388 e. The summed E-state index contributed by atoms with van der Waals surface area (Å²) in [6.45, 7) is 4.83. The summed E-state index contributed by atoms with van der Waals surface area (Å²) >= 11 is 5.27. The van der Waals surface area contributed by atoms with E-state index in [4.69, 9.17) is 0 Å². The molecule has 0 aliphatic rings. The molecule has 0 saturated carbocycles. The SMILES string of the molecule is CCn1nc(C)c(Br)c1CC(O)c1ccc(SC)cc1. The summed E-state index contributed by atoms with van der Waals surface area (Å²) in [5, 5.41) is 14.9. The van der Waals surface area contributed by atoms with Crippen molar-refractivity contribution in [2.75, 3.05) is 6.26 Å². The van der Waals surface area contributed by atoms with Gasteiger partial charge in [-0.2, -0.15) is 5.10 Å². The Morgan fingerprint density at radius 3 is 2.55 bits per heavy atom. The molecule has 0 spiro atoms. The van der Waals surface area contributed by atoms with Gasteiger partial charge in [-0.3, -0.25) is 4.68 Å². The van der Waals surface area contributed by atoms with Crippen LogP contribution in [0.3, 0.4) is 0 Å². The highest BCUT2D eigenvalue weighted by Crippen LogP contribution is 2.27. The van der Waals surface area contributed by atoms with Crippen LogP contribution in [0.4, 0.5) is 0 Å². The van der Waals surface area contributed by atoms with Crippen molar-refractivity contribution in [1.29, 1.82) is 0 Å². The van der Waals surface area contributed by atoms with E-state index < -0.39 is 6.10 Å². The lowest BCUT2D eigenvalue weighted by molar-refractivity contribution is 0.175. The molecule has 0 amide bonds. The molecule has 0 aliphatic carbocycles. The number of benzene rings is 1. The molecule has 1 N–H and O–H groups in total. The Labute approximate surface area is 132 Å². The highest BCUT2D eigenvalue weighted by atomic mass is 79.9. The van der Waals surface area contributed by atoms with Crippen molar-refractivity contribution >= 4 is 27.7 Å². The Morgan fingerprint density at radius 2 is 2.00 bits per heavy atom. The first-order chi connectivity index (χ1) is 9.56. The van der Waals surface area contributed by atoms with E-state index in [9.17, 15) is 5.11 Å². The van der Waals surface area contributed by atoms with Gasteiger partial charge in [0.25, 0.3) is 0 Å². The first-order valence-electron chi connectivity index (χ1n) is 6.60. The van der Waals surface area contributed by atoms with Gasteiger partial charge < -0.3 is 5.11 Å². The second kappa shape index (κ2) is 6.78. The van der Waals surface area contributed by atoms with Gasteiger partial charge in [-0.05, 0) is 53.7 Å². The summed E-state index contributed by atoms with van der Waals surface area (Å²) < 4.78 is 2.94. The first-order valence-corrected chi connectivity index (χ1v) is 8.62. The van der Waals surface area contributed by atoms with Crippen molar-refractivity contribution in [2.45, 2.75) is 37.8 Å². The first kappa shape index (κ1) is 15.6. The monoisotopic (exact) mass is 354 g/mol. The van der Waals surface area contributed by atoms with Crippen LogP contribution in [-0.4, -0.2) is 21.1 Å². The van der Waals surface area contributed by atoms with Crippen molar-refractivity contribution in [1.82, 2.24) is 9.78 Å². The van der Waals surface area contributed by atoms with E-state index in [1.54, 1.807) is 11.8 Å². The van der Waals surface area contributed by atoms with Crippen LogP contribution in [0.25, 0.3) is 0 Å². The molecule has 2 rings (SSSR count). The van der Waals surface area contributed by atoms with Gasteiger partial charge in [-0.1, -0.05) is 12.1 Å². The molecule has 3 nitrogen and oxygen atoms in total. The summed E-state index contributed by atoms with van der Waals surface area (Å²) in [4.78, 5) is 1.21. The lowest BCUT2D eigenvalue weighted by Crippen LogP contribution is -2.09. The molecule has 0 saturated heterocycles. The van der Waals surface area contributed by atoms with E-state index in [1.807, 2.05) is 42.1 Å². The lowest BCUT2D eigenvalue weighted by Gasteiger charge is -2.13. The van der Waals surface area contributed by atoms with Crippen LogP contribution in [0, 0.1) is 6.92 Å². The zero-order chi connectivity index (χ0) is 14.7. The number of rotatable bonds is 5. The van der Waals surface area contributed by atoms with Crippen LogP contribution >= 0.6 is 27.7 Å². The van der Waals surface area contributed by atoms with E-state index in [0.717, 1.165) is 28.0 Å². The quantitative estimate of drug-likeness (QED) is 0.825. The van der Waals surface area contributed by atoms with Gasteiger partial charge in [0.05, 0.1) is 22.0 Å². The molecule has 1 unspecified atom stereocenters. The van der Waals surface area contributed by atoms with Crippen molar-refractivity contribution in [3.8, 4) is 0 Å². The zero-order valence-electron chi connectivity index (χ0n) is 11.9. The molecule has 108 valence electrons. The number of aryl methyl sites for hydroxylation is 2. The van der Waals surface area contributed by atoms with Crippen LogP contribution in [0.2, 0.25) is 0 Å². The Kier molecular flexibility index (Phi) is 5.29. The van der Waals surface area contributed by atoms with Crippen LogP contribution in [0.5, 0.6) is 0 Å². The van der Waals surface area contributed by atoms with Crippen molar-refractivity contribution in [3.63, 3.8) is 0 Å². The minimum Gasteiger partial charge on any atom is -0.388 e. The third-order valence-electron chi connectivity index (χ3n) is 3.34. The van der Waals surface area contributed by atoms with E-state index in [1.165, 1.54) is 4.90 Å². The fourth-order valence-corrected chi connectivity index (χ4v) is 3.05. The van der Waals surface area contributed by atoms with E-state index in [0.29, 0.717) is 6.42 Å². The average Bonchev–Trinajstić information content (AvgIpc) is 2.75. The van der Waals surface area contributed by atoms with E-state index in [2.05, 4.69) is 28.0 Å². The molecule has 0 aliphatic heterocycles. The van der Waals surface area contributed by atoms with Gasteiger partial charge in [0, 0.05) is 17.9 Å². The summed E-state index contributed by atoms with van der Waals surface area (Å²) in [6.07, 6.45) is 2.10. The van der Waals surface area contributed by atoms with Crippen LogP contribution in [0.15, 0.2) is 33.6 Å². The molecular weight excluding hydrogens is 336 g/mol. The Bertz CT molecular complexity index is 580. The predicted octanol–water partition coefficient (Wildman–Crippen LogP) is 3.97. The number of nitrogens with zero attached hydrogens (tertiary/aromatic N) is 2. The Morgan fingerprint density at radius 1 is 1.35 bits per heavy atom. The molecule has 5 heteroatoms. The Balaban J connectivity index is 2.20. The minimum absolute atomic E-state index is 0.511. The van der Waals surface area contributed by atoms with Gasteiger partial charge in [-0.25, -0.2) is 0 Å². The molecule has 20 heavy (non-hydrogen) atoms. The van der Waals surface area contributed by atoms with Gasteiger partial charge in [0.15, 0.2) is 0 Å². The predicted molar refractivity (Wildman–Crippen MR) is 87.2 cm³/mol. The van der Waals surface area contributed by atoms with Gasteiger partial charge >= 0.3 is 0 Å². The van der Waals surface area contributed by atoms with Crippen LogP contribution in [-0.2, 0) is 13.0 Å². The molecule has 1 heterocycles. The Hall–Kier alpha value is -0.780. The summed E-state index contributed by atoms with van der Waals surface area (Å²) in [6, 6.07) is 8.06. The summed E-state index contributed by atoms with van der Waals surface area (Å²) in [7, 11) is 0. The number of hydrogen-bond acceptors (Lipinski definition) is 3. The standard InChI is InChI=1S/C15H19BrN2OS/c1-4-18-13(15(16)10(2)17-18)9-14(19)11-5-7-12(20-3)8-6-11/h5-8,14,19H,4,9H2,1-3H3. The maximum absolute atomic E-state index is 10.4. The van der Waals surface area contributed by atoms with Gasteiger partial charge in [0.2, 0.25) is 0 Å². The summed E-state index contributed by atoms with van der Waals surface area (Å²) in [5.41, 5.74) is 2.95. The molecule has 0 fully saturated rings. The van der Waals surface area contributed by atoms with Crippen molar-refractivity contribution < 1.29 is 5.11 Å². The number of aromatic nitrogens is 2. The lowest BCUT2D eigenvalue weighted by atomic mass is 10.0. The number of thioether (sulfide) groups is 1. The highest BCUT2D eigenvalue weighted by Gasteiger charge is 2.17. The number of aliphatic hydroxyl groups is 1. The number of aliphatic hydroxyl groups excluding tert-OH is 1. The van der Waals surface area contributed by atoms with Gasteiger partial charge in [0.1, 0.15) is 0 Å². The third kappa shape index (κ3) is 3.27. The molecule has 1 aromatic heterocycles. The average molecular weight is 355 g/mol. The fraction of sp³-hybridized carbons (Fsp3) is 0.400. The highest BCUT2D eigenvalue weighted by molar-refractivity contribution is 9.10. The molecule has 1 aromatic carbocycles. The molecule has 2 aromatic rings. The van der Waals surface area contributed by atoms with Gasteiger partial charge in [-0.15, -0.1) is 11.8 Å². The number of halogens is 1. The maximum atomic E-state index is 10.4. The van der Waals surface area contributed by atoms with E-state index in [-0.39, 0.29) is 0 Å². The minimum atomic E-state index is -0.511. The molecule has 0 bridgehead atoms. The second-order valence-electron chi connectivity index (χ2n) is 4.65.